The fraction of sp³-hybridized carbons (Fsp3) is 0.684. The monoisotopic (exact) mass is 302 g/mol. The van der Waals surface area contributed by atoms with Gasteiger partial charge in [-0.05, 0) is 42.9 Å². The van der Waals surface area contributed by atoms with Crippen LogP contribution in [0.5, 0.6) is 5.75 Å². The van der Waals surface area contributed by atoms with Crippen molar-refractivity contribution < 1.29 is 4.74 Å². The Bertz CT molecular complexity index is 458. The van der Waals surface area contributed by atoms with Crippen LogP contribution >= 0.6 is 0 Å². The van der Waals surface area contributed by atoms with Gasteiger partial charge in [-0.1, -0.05) is 31.4 Å². The lowest BCUT2D eigenvalue weighted by molar-refractivity contribution is 0.103. The summed E-state index contributed by atoms with van der Waals surface area (Å²) in [6.07, 6.45) is 7.01. The average Bonchev–Trinajstić information content (AvgIpc) is 2.57. The molecule has 1 atom stereocenters. The van der Waals surface area contributed by atoms with Crippen molar-refractivity contribution in [3.63, 3.8) is 0 Å². The zero-order valence-corrected chi connectivity index (χ0v) is 14.1. The Labute approximate surface area is 135 Å². The molecular formula is C19H30N2O. The lowest BCUT2D eigenvalue weighted by atomic mass is 9.80. The van der Waals surface area contributed by atoms with E-state index in [1.807, 2.05) is 0 Å². The van der Waals surface area contributed by atoms with Crippen LogP contribution in [0, 0.1) is 12.8 Å². The summed E-state index contributed by atoms with van der Waals surface area (Å²) in [6, 6.07) is 7.41. The molecule has 0 bridgehead atoms. The Morgan fingerprint density at radius 1 is 1.14 bits per heavy atom. The molecule has 0 radical (unpaired) electrons. The van der Waals surface area contributed by atoms with E-state index in [1.165, 1.54) is 56.3 Å². The van der Waals surface area contributed by atoms with Gasteiger partial charge in [0.15, 0.2) is 0 Å². The van der Waals surface area contributed by atoms with Gasteiger partial charge >= 0.3 is 0 Å². The molecule has 3 nitrogen and oxygen atoms in total. The second kappa shape index (κ2) is 7.47. The molecular weight excluding hydrogens is 272 g/mol. The van der Waals surface area contributed by atoms with Gasteiger partial charge in [0, 0.05) is 32.2 Å². The largest absolute Gasteiger partial charge is 0.496 e. The van der Waals surface area contributed by atoms with Crippen LogP contribution in [-0.2, 0) is 0 Å². The van der Waals surface area contributed by atoms with E-state index in [9.17, 15) is 0 Å². The van der Waals surface area contributed by atoms with Crippen LogP contribution in [0.2, 0.25) is 0 Å². The fourth-order valence-electron chi connectivity index (χ4n) is 4.28. The third-order valence-electron chi connectivity index (χ3n) is 5.40. The molecule has 1 aliphatic carbocycles. The highest BCUT2D eigenvalue weighted by atomic mass is 16.5. The maximum atomic E-state index is 5.45. The summed E-state index contributed by atoms with van der Waals surface area (Å²) < 4.78 is 5.45. The molecule has 2 fully saturated rings. The molecule has 3 rings (SSSR count). The second-order valence-corrected chi connectivity index (χ2v) is 6.86. The lowest BCUT2D eigenvalue weighted by Gasteiger charge is -2.41. The zero-order chi connectivity index (χ0) is 15.4. The molecule has 1 saturated heterocycles. The van der Waals surface area contributed by atoms with Crippen LogP contribution < -0.4 is 10.1 Å². The number of aryl methyl sites for hydroxylation is 1. The molecule has 0 spiro atoms. The molecule has 1 aromatic rings. The van der Waals surface area contributed by atoms with Crippen molar-refractivity contribution in [2.75, 3.05) is 33.3 Å². The zero-order valence-electron chi connectivity index (χ0n) is 14.1. The van der Waals surface area contributed by atoms with E-state index < -0.39 is 0 Å². The summed E-state index contributed by atoms with van der Waals surface area (Å²) in [5.41, 5.74) is 2.75. The van der Waals surface area contributed by atoms with E-state index in [-0.39, 0.29) is 0 Å². The molecule has 2 aliphatic rings. The minimum atomic E-state index is 0.590. The van der Waals surface area contributed by atoms with Crippen molar-refractivity contribution in [1.82, 2.24) is 10.2 Å². The van der Waals surface area contributed by atoms with E-state index in [0.717, 1.165) is 24.8 Å². The molecule has 122 valence electrons. The molecule has 1 aromatic carbocycles. The Balaban J connectivity index is 1.87. The summed E-state index contributed by atoms with van der Waals surface area (Å²) in [4.78, 5) is 2.72. The number of hydrogen-bond acceptors (Lipinski definition) is 3. The van der Waals surface area contributed by atoms with Crippen LogP contribution in [0.25, 0.3) is 0 Å². The highest BCUT2D eigenvalue weighted by Gasteiger charge is 2.31. The van der Waals surface area contributed by atoms with E-state index in [4.69, 9.17) is 4.74 Å². The molecule has 0 amide bonds. The van der Waals surface area contributed by atoms with Gasteiger partial charge in [0.25, 0.3) is 0 Å². The van der Waals surface area contributed by atoms with Crippen molar-refractivity contribution in [2.45, 2.75) is 45.1 Å². The summed E-state index contributed by atoms with van der Waals surface area (Å²) in [5, 5.41) is 3.49. The third kappa shape index (κ3) is 3.47. The molecule has 22 heavy (non-hydrogen) atoms. The maximum Gasteiger partial charge on any atom is 0.121 e. The van der Waals surface area contributed by atoms with Gasteiger partial charge in [-0.15, -0.1) is 0 Å². The molecule has 1 heterocycles. The van der Waals surface area contributed by atoms with Crippen LogP contribution in [0.1, 0.15) is 49.3 Å². The van der Waals surface area contributed by atoms with Gasteiger partial charge in [0.05, 0.1) is 7.11 Å². The van der Waals surface area contributed by atoms with Crippen LogP contribution in [0.4, 0.5) is 0 Å². The first-order valence-corrected chi connectivity index (χ1v) is 8.89. The summed E-state index contributed by atoms with van der Waals surface area (Å²) >= 11 is 0. The van der Waals surface area contributed by atoms with E-state index in [0.29, 0.717) is 6.04 Å². The SMILES string of the molecule is COc1ccc([C@@H](C2CCCCC2)N2CCNCC2)cc1C. The first-order chi connectivity index (χ1) is 10.8. The Kier molecular flexibility index (Phi) is 5.37. The van der Waals surface area contributed by atoms with Crippen molar-refractivity contribution in [3.8, 4) is 5.75 Å². The van der Waals surface area contributed by atoms with Gasteiger partial charge < -0.3 is 10.1 Å². The van der Waals surface area contributed by atoms with Crippen LogP contribution in [0.3, 0.4) is 0 Å². The number of methoxy groups -OCH3 is 1. The van der Waals surface area contributed by atoms with Gasteiger partial charge in [-0.2, -0.15) is 0 Å². The molecule has 1 saturated carbocycles. The van der Waals surface area contributed by atoms with Gasteiger partial charge in [0.1, 0.15) is 5.75 Å². The van der Waals surface area contributed by atoms with E-state index in [1.54, 1.807) is 7.11 Å². The Morgan fingerprint density at radius 2 is 1.86 bits per heavy atom. The minimum absolute atomic E-state index is 0.590. The Hall–Kier alpha value is -1.06. The second-order valence-electron chi connectivity index (χ2n) is 6.86. The molecule has 0 unspecified atom stereocenters. The minimum Gasteiger partial charge on any atom is -0.496 e. The quantitative estimate of drug-likeness (QED) is 0.921. The molecule has 3 heteroatoms. The molecule has 1 aliphatic heterocycles. The highest BCUT2D eigenvalue weighted by molar-refractivity contribution is 5.37. The first-order valence-electron chi connectivity index (χ1n) is 8.89. The fourth-order valence-corrected chi connectivity index (χ4v) is 4.28. The molecule has 1 N–H and O–H groups in total. The van der Waals surface area contributed by atoms with E-state index in [2.05, 4.69) is 35.3 Å². The van der Waals surface area contributed by atoms with Crippen molar-refractivity contribution >= 4 is 0 Å². The number of rotatable bonds is 4. The Morgan fingerprint density at radius 3 is 2.50 bits per heavy atom. The summed E-state index contributed by atoms with van der Waals surface area (Å²) in [5.74, 6) is 1.83. The van der Waals surface area contributed by atoms with Crippen LogP contribution in [-0.4, -0.2) is 38.2 Å². The number of piperazine rings is 1. The standard InChI is InChI=1S/C19H30N2O/c1-15-14-17(8-9-18(15)22-2)19(16-6-4-3-5-7-16)21-12-10-20-11-13-21/h8-9,14,16,19-20H,3-7,10-13H2,1-2H3/t19-/m1/s1. The van der Waals surface area contributed by atoms with Gasteiger partial charge in [0.2, 0.25) is 0 Å². The normalized spacial score (nSPS) is 22.5. The average molecular weight is 302 g/mol. The topological polar surface area (TPSA) is 24.5 Å². The smallest absolute Gasteiger partial charge is 0.121 e. The highest BCUT2D eigenvalue weighted by Crippen LogP contribution is 2.39. The summed E-state index contributed by atoms with van der Waals surface area (Å²) in [7, 11) is 1.76. The predicted molar refractivity (Wildman–Crippen MR) is 91.5 cm³/mol. The van der Waals surface area contributed by atoms with Crippen molar-refractivity contribution in [1.29, 1.82) is 0 Å². The molecule has 0 aromatic heterocycles. The number of hydrogen-bond donors (Lipinski definition) is 1. The maximum absolute atomic E-state index is 5.45. The van der Waals surface area contributed by atoms with E-state index >= 15 is 0 Å². The number of ether oxygens (including phenoxy) is 1. The lowest BCUT2D eigenvalue weighted by Crippen LogP contribution is -2.47. The van der Waals surface area contributed by atoms with Gasteiger partial charge in [-0.3, -0.25) is 4.90 Å². The van der Waals surface area contributed by atoms with Crippen LogP contribution in [0.15, 0.2) is 18.2 Å². The van der Waals surface area contributed by atoms with Gasteiger partial charge in [-0.25, -0.2) is 0 Å². The third-order valence-corrected chi connectivity index (χ3v) is 5.40. The number of benzene rings is 1. The summed E-state index contributed by atoms with van der Waals surface area (Å²) in [6.45, 7) is 6.76. The van der Waals surface area contributed by atoms with Crippen molar-refractivity contribution in [2.24, 2.45) is 5.92 Å². The van der Waals surface area contributed by atoms with Crippen molar-refractivity contribution in [3.05, 3.63) is 29.3 Å². The first kappa shape index (κ1) is 15.8. The number of nitrogens with one attached hydrogen (secondary N) is 1. The predicted octanol–water partition coefficient (Wildman–Crippen LogP) is 3.53. The number of nitrogens with zero attached hydrogens (tertiary/aromatic N) is 1.